The van der Waals surface area contributed by atoms with Gasteiger partial charge < -0.3 is 14.8 Å². The van der Waals surface area contributed by atoms with Gasteiger partial charge >= 0.3 is 0 Å². The molecule has 0 spiro atoms. The highest BCUT2D eigenvalue weighted by molar-refractivity contribution is 7.80. The van der Waals surface area contributed by atoms with Gasteiger partial charge in [0.15, 0.2) is 5.11 Å². The van der Waals surface area contributed by atoms with Gasteiger partial charge in [-0.2, -0.15) is 0 Å². The highest BCUT2D eigenvalue weighted by Crippen LogP contribution is 2.06. The second-order valence-corrected chi connectivity index (χ2v) is 6.61. The third-order valence-corrected chi connectivity index (χ3v) is 4.52. The number of thiocarbonyl (C=S) groups is 1. The Morgan fingerprint density at radius 1 is 1.12 bits per heavy atom. The maximum Gasteiger partial charge on any atom is 0.169 e. The molecule has 0 radical (unpaired) electrons. The first-order valence-electron chi connectivity index (χ1n) is 9.17. The van der Waals surface area contributed by atoms with Crippen LogP contribution in [0, 0.1) is 0 Å². The molecule has 0 aromatic carbocycles. The summed E-state index contributed by atoms with van der Waals surface area (Å²) in [6.45, 7) is 5.86. The molecule has 0 aliphatic rings. The van der Waals surface area contributed by atoms with Gasteiger partial charge in [0.05, 0.1) is 6.33 Å². The molecule has 136 valence electrons. The van der Waals surface area contributed by atoms with Crippen molar-refractivity contribution in [2.24, 2.45) is 0 Å². The number of nitrogens with one attached hydrogen (secondary N) is 1. The summed E-state index contributed by atoms with van der Waals surface area (Å²) in [6, 6.07) is 4.10. The number of rotatable bonds is 11. The minimum atomic E-state index is 0.813. The highest BCUT2D eigenvalue weighted by atomic mass is 32.1. The first kappa shape index (κ1) is 19.4. The van der Waals surface area contributed by atoms with Crippen LogP contribution in [0.5, 0.6) is 0 Å². The maximum absolute atomic E-state index is 5.65. The summed E-state index contributed by atoms with van der Waals surface area (Å²) >= 11 is 5.65. The van der Waals surface area contributed by atoms with Crippen LogP contribution in [0.1, 0.15) is 44.6 Å². The van der Waals surface area contributed by atoms with Gasteiger partial charge in [-0.05, 0) is 42.8 Å². The van der Waals surface area contributed by atoms with Crippen LogP contribution in [0.4, 0.5) is 0 Å². The van der Waals surface area contributed by atoms with Crippen LogP contribution < -0.4 is 5.32 Å². The molecule has 0 bridgehead atoms. The van der Waals surface area contributed by atoms with Crippen LogP contribution in [-0.4, -0.2) is 37.6 Å². The number of imidazole rings is 1. The van der Waals surface area contributed by atoms with E-state index in [0.717, 1.165) is 37.7 Å². The van der Waals surface area contributed by atoms with Gasteiger partial charge in [-0.3, -0.25) is 4.98 Å². The zero-order chi connectivity index (χ0) is 17.7. The van der Waals surface area contributed by atoms with Crippen molar-refractivity contribution in [2.45, 2.75) is 52.1 Å². The zero-order valence-corrected chi connectivity index (χ0v) is 15.9. The molecule has 0 aliphatic heterocycles. The Labute approximate surface area is 156 Å². The second kappa shape index (κ2) is 11.6. The summed E-state index contributed by atoms with van der Waals surface area (Å²) in [5.41, 5.74) is 1.23. The van der Waals surface area contributed by atoms with E-state index in [2.05, 4.69) is 31.7 Å². The molecule has 2 rings (SSSR count). The van der Waals surface area contributed by atoms with Gasteiger partial charge in [0.2, 0.25) is 0 Å². The lowest BCUT2D eigenvalue weighted by Gasteiger charge is -2.26. The molecule has 2 aromatic heterocycles. The maximum atomic E-state index is 5.65. The van der Waals surface area contributed by atoms with E-state index in [1.165, 1.54) is 31.2 Å². The van der Waals surface area contributed by atoms with E-state index in [4.69, 9.17) is 12.2 Å². The van der Waals surface area contributed by atoms with Gasteiger partial charge in [0.1, 0.15) is 0 Å². The number of hydrogen-bond acceptors (Lipinski definition) is 3. The van der Waals surface area contributed by atoms with Crippen molar-refractivity contribution in [3.05, 3.63) is 48.8 Å². The number of nitrogens with zero attached hydrogens (tertiary/aromatic N) is 4. The van der Waals surface area contributed by atoms with Crippen molar-refractivity contribution in [1.29, 1.82) is 0 Å². The number of pyridine rings is 1. The van der Waals surface area contributed by atoms with Crippen LogP contribution in [-0.2, 0) is 13.1 Å². The summed E-state index contributed by atoms with van der Waals surface area (Å²) < 4.78 is 2.10. The Morgan fingerprint density at radius 3 is 2.68 bits per heavy atom. The zero-order valence-electron chi connectivity index (χ0n) is 15.1. The molecule has 0 fully saturated rings. The molecule has 0 amide bonds. The molecule has 1 N–H and O–H groups in total. The van der Waals surface area contributed by atoms with Gasteiger partial charge in [-0.1, -0.05) is 26.2 Å². The van der Waals surface area contributed by atoms with E-state index >= 15 is 0 Å². The molecule has 6 heteroatoms. The van der Waals surface area contributed by atoms with Gasteiger partial charge in [0.25, 0.3) is 0 Å². The molecule has 0 saturated carbocycles. The fraction of sp³-hybridized carbons (Fsp3) is 0.526. The minimum absolute atomic E-state index is 0.813. The Hall–Kier alpha value is -1.95. The monoisotopic (exact) mass is 359 g/mol. The number of aromatic nitrogens is 3. The normalized spacial score (nSPS) is 10.6. The Bertz CT molecular complexity index is 585. The Kier molecular flexibility index (Phi) is 8.97. The average Bonchev–Trinajstić information content (AvgIpc) is 3.15. The lowest BCUT2D eigenvalue weighted by Crippen LogP contribution is -2.40. The van der Waals surface area contributed by atoms with Crippen molar-refractivity contribution in [1.82, 2.24) is 24.8 Å². The Morgan fingerprint density at radius 2 is 1.96 bits per heavy atom. The van der Waals surface area contributed by atoms with Crippen molar-refractivity contribution in [3.63, 3.8) is 0 Å². The predicted molar refractivity (Wildman–Crippen MR) is 106 cm³/mol. The highest BCUT2D eigenvalue weighted by Gasteiger charge is 2.10. The average molecular weight is 360 g/mol. The van der Waals surface area contributed by atoms with E-state index in [1.54, 1.807) is 0 Å². The van der Waals surface area contributed by atoms with Crippen molar-refractivity contribution >= 4 is 17.3 Å². The van der Waals surface area contributed by atoms with Crippen molar-refractivity contribution in [3.8, 4) is 0 Å². The number of aryl methyl sites for hydroxylation is 1. The topological polar surface area (TPSA) is 46.0 Å². The molecule has 5 nitrogen and oxygen atoms in total. The fourth-order valence-corrected chi connectivity index (χ4v) is 2.94. The molecule has 0 saturated heterocycles. The first-order chi connectivity index (χ1) is 12.3. The van der Waals surface area contributed by atoms with Gasteiger partial charge in [-0.25, -0.2) is 4.98 Å². The number of hydrogen-bond donors (Lipinski definition) is 1. The molecule has 2 aromatic rings. The van der Waals surface area contributed by atoms with E-state index < -0.39 is 0 Å². The largest absolute Gasteiger partial charge is 0.363 e. The van der Waals surface area contributed by atoms with Crippen LogP contribution in [0.15, 0.2) is 43.2 Å². The quantitative estimate of drug-likeness (QED) is 0.490. The van der Waals surface area contributed by atoms with Crippen LogP contribution in [0.25, 0.3) is 0 Å². The standard InChI is InChI=1S/C19H29N5S/c1-2-3-4-5-9-22-19(25)24(16-18-7-10-20-11-8-18)14-6-13-23-15-12-21-17-23/h7-8,10-12,15,17H,2-6,9,13-14,16H2,1H3,(H,22,25). The smallest absolute Gasteiger partial charge is 0.169 e. The molecular formula is C19H29N5S. The SMILES string of the molecule is CCCCCCNC(=S)N(CCCn1ccnc1)Cc1ccncc1. The third kappa shape index (κ3) is 7.65. The molecule has 25 heavy (non-hydrogen) atoms. The third-order valence-electron chi connectivity index (χ3n) is 4.12. The van der Waals surface area contributed by atoms with Crippen LogP contribution >= 0.6 is 12.2 Å². The van der Waals surface area contributed by atoms with Gasteiger partial charge in [0, 0.05) is 51.0 Å². The Balaban J connectivity index is 1.83. The molecule has 0 aliphatic carbocycles. The summed E-state index contributed by atoms with van der Waals surface area (Å²) in [4.78, 5) is 10.4. The van der Waals surface area contributed by atoms with Crippen LogP contribution in [0.3, 0.4) is 0 Å². The van der Waals surface area contributed by atoms with Gasteiger partial charge in [-0.15, -0.1) is 0 Å². The summed E-state index contributed by atoms with van der Waals surface area (Å²) in [7, 11) is 0. The fourth-order valence-electron chi connectivity index (χ4n) is 2.68. The lowest BCUT2D eigenvalue weighted by molar-refractivity contribution is 0.384. The van der Waals surface area contributed by atoms with E-state index in [9.17, 15) is 0 Å². The second-order valence-electron chi connectivity index (χ2n) is 6.22. The van der Waals surface area contributed by atoms with Crippen LogP contribution in [0.2, 0.25) is 0 Å². The minimum Gasteiger partial charge on any atom is -0.363 e. The first-order valence-corrected chi connectivity index (χ1v) is 9.58. The predicted octanol–water partition coefficient (Wildman–Crippen LogP) is 3.63. The molecule has 0 atom stereocenters. The lowest BCUT2D eigenvalue weighted by atomic mass is 10.2. The van der Waals surface area contributed by atoms with E-state index in [0.29, 0.717) is 0 Å². The molecule has 0 unspecified atom stereocenters. The van der Waals surface area contributed by atoms with Crippen molar-refractivity contribution in [2.75, 3.05) is 13.1 Å². The summed E-state index contributed by atoms with van der Waals surface area (Å²) in [5, 5.41) is 4.27. The van der Waals surface area contributed by atoms with E-state index in [-0.39, 0.29) is 0 Å². The van der Waals surface area contributed by atoms with E-state index in [1.807, 2.05) is 43.2 Å². The molecule has 2 heterocycles. The summed E-state index contributed by atoms with van der Waals surface area (Å²) in [5.74, 6) is 0. The molecular weight excluding hydrogens is 330 g/mol. The van der Waals surface area contributed by atoms with Crippen molar-refractivity contribution < 1.29 is 0 Å². The summed E-state index contributed by atoms with van der Waals surface area (Å²) in [6.07, 6.45) is 15.3. The number of unbranched alkanes of at least 4 members (excludes halogenated alkanes) is 3.